The van der Waals surface area contributed by atoms with E-state index in [1.165, 1.54) is 0 Å². The molecule has 0 radical (unpaired) electrons. The van der Waals surface area contributed by atoms with Gasteiger partial charge in [-0.3, -0.25) is 9.59 Å². The molecule has 1 aromatic carbocycles. The van der Waals surface area contributed by atoms with E-state index in [2.05, 4.69) is 5.32 Å². The molecule has 1 aliphatic heterocycles. The summed E-state index contributed by atoms with van der Waals surface area (Å²) in [5, 5.41) is 12.6. The van der Waals surface area contributed by atoms with Gasteiger partial charge in [0.1, 0.15) is 12.3 Å². The first kappa shape index (κ1) is 16.6. The van der Waals surface area contributed by atoms with Crippen molar-refractivity contribution >= 4 is 11.8 Å². The predicted octanol–water partition coefficient (Wildman–Crippen LogP) is 1.91. The number of halogens is 3. The Bertz CT molecular complexity index is 675. The number of amides is 2. The minimum Gasteiger partial charge on any atom is -0.508 e. The second-order valence-electron chi connectivity index (χ2n) is 6.24. The van der Waals surface area contributed by atoms with E-state index in [0.29, 0.717) is 17.7 Å². The number of likely N-dealkylation sites (tertiary alicyclic amines) is 1. The van der Waals surface area contributed by atoms with Crippen LogP contribution in [0, 0.1) is 5.92 Å². The smallest absolute Gasteiger partial charge is 0.406 e. The largest absolute Gasteiger partial charge is 0.508 e. The molecule has 8 heteroatoms. The molecular formula is C16H17F3N2O3. The zero-order valence-electron chi connectivity index (χ0n) is 12.8. The molecule has 0 bridgehead atoms. The molecule has 24 heavy (non-hydrogen) atoms. The van der Waals surface area contributed by atoms with Crippen molar-refractivity contribution in [3.8, 4) is 5.75 Å². The summed E-state index contributed by atoms with van der Waals surface area (Å²) in [5.74, 6) is -1.68. The Morgan fingerprint density at radius 2 is 2.12 bits per heavy atom. The number of carbonyl (C=O) groups excluding carboxylic acids is 2. The first-order valence-electron chi connectivity index (χ1n) is 7.70. The molecule has 2 atom stereocenters. The number of phenols is 1. The third-order valence-electron chi connectivity index (χ3n) is 4.52. The number of phenolic OH excluding ortho intramolecular Hbond substituents is 1. The van der Waals surface area contributed by atoms with Crippen molar-refractivity contribution in [2.45, 2.75) is 31.5 Å². The van der Waals surface area contributed by atoms with Crippen molar-refractivity contribution in [2.24, 2.45) is 5.92 Å². The molecule has 0 spiro atoms. The summed E-state index contributed by atoms with van der Waals surface area (Å²) >= 11 is 0. The number of alkyl halides is 3. The quantitative estimate of drug-likeness (QED) is 0.882. The van der Waals surface area contributed by atoms with E-state index in [9.17, 15) is 27.9 Å². The normalized spacial score (nSPS) is 23.5. The first-order chi connectivity index (χ1) is 11.2. The van der Waals surface area contributed by atoms with Crippen LogP contribution in [0.15, 0.2) is 18.2 Å². The van der Waals surface area contributed by atoms with Crippen LogP contribution in [0.1, 0.15) is 30.0 Å². The van der Waals surface area contributed by atoms with Crippen LogP contribution in [0.25, 0.3) is 0 Å². The van der Waals surface area contributed by atoms with Gasteiger partial charge in [0, 0.05) is 13.0 Å². The van der Waals surface area contributed by atoms with Gasteiger partial charge < -0.3 is 15.3 Å². The van der Waals surface area contributed by atoms with Crippen molar-refractivity contribution in [2.75, 3.05) is 13.1 Å². The monoisotopic (exact) mass is 342 g/mol. The van der Waals surface area contributed by atoms with Gasteiger partial charge in [0.2, 0.25) is 11.8 Å². The van der Waals surface area contributed by atoms with Crippen molar-refractivity contribution in [1.82, 2.24) is 10.2 Å². The van der Waals surface area contributed by atoms with Crippen molar-refractivity contribution in [3.05, 3.63) is 29.3 Å². The molecule has 1 fully saturated rings. The van der Waals surface area contributed by atoms with Crippen LogP contribution in [-0.4, -0.2) is 41.1 Å². The van der Waals surface area contributed by atoms with Crippen LogP contribution < -0.4 is 5.32 Å². The summed E-state index contributed by atoms with van der Waals surface area (Å²) in [6.45, 7) is -1.54. The Labute approximate surface area is 136 Å². The number of hydrogen-bond donors (Lipinski definition) is 2. The van der Waals surface area contributed by atoms with Gasteiger partial charge in [-0.15, -0.1) is 0 Å². The van der Waals surface area contributed by atoms with Gasteiger partial charge in [0.25, 0.3) is 0 Å². The van der Waals surface area contributed by atoms with Crippen LogP contribution in [0.5, 0.6) is 5.75 Å². The molecule has 5 nitrogen and oxygen atoms in total. The lowest BCUT2D eigenvalue weighted by Gasteiger charge is -2.19. The Kier molecular flexibility index (Phi) is 4.15. The van der Waals surface area contributed by atoms with Gasteiger partial charge in [-0.05, 0) is 30.0 Å². The first-order valence-corrected chi connectivity index (χ1v) is 7.70. The molecule has 130 valence electrons. The molecule has 1 heterocycles. The van der Waals surface area contributed by atoms with Gasteiger partial charge in [0.05, 0.1) is 12.0 Å². The van der Waals surface area contributed by atoms with E-state index in [1.807, 2.05) is 6.07 Å². The van der Waals surface area contributed by atoms with Crippen LogP contribution in [0.3, 0.4) is 0 Å². The van der Waals surface area contributed by atoms with E-state index >= 15 is 0 Å². The summed E-state index contributed by atoms with van der Waals surface area (Å²) in [6, 6.07) is 4.78. The van der Waals surface area contributed by atoms with E-state index in [1.54, 1.807) is 12.1 Å². The second-order valence-corrected chi connectivity index (χ2v) is 6.24. The summed E-state index contributed by atoms with van der Waals surface area (Å²) in [5.41, 5.74) is 1.60. The molecule has 2 aliphatic rings. The van der Waals surface area contributed by atoms with Crippen molar-refractivity contribution in [1.29, 1.82) is 0 Å². The molecular weight excluding hydrogens is 325 g/mol. The fourth-order valence-electron chi connectivity index (χ4n) is 3.39. The molecule has 1 aliphatic carbocycles. The lowest BCUT2D eigenvalue weighted by Crippen LogP contribution is -2.37. The minimum absolute atomic E-state index is 0.177. The van der Waals surface area contributed by atoms with E-state index in [4.69, 9.17) is 0 Å². The highest BCUT2D eigenvalue weighted by atomic mass is 19.4. The zero-order chi connectivity index (χ0) is 17.5. The fourth-order valence-corrected chi connectivity index (χ4v) is 3.39. The minimum atomic E-state index is -4.47. The average Bonchev–Trinajstić information content (AvgIpc) is 3.03. The summed E-state index contributed by atoms with van der Waals surface area (Å²) in [6.07, 6.45) is -3.44. The summed E-state index contributed by atoms with van der Waals surface area (Å²) in [7, 11) is 0. The Morgan fingerprint density at radius 3 is 2.83 bits per heavy atom. The van der Waals surface area contributed by atoms with Crippen LogP contribution in [0.2, 0.25) is 0 Å². The number of fused-ring (bicyclic) bond motifs is 1. The maximum absolute atomic E-state index is 12.4. The van der Waals surface area contributed by atoms with Crippen LogP contribution in [0.4, 0.5) is 13.2 Å². The molecule has 1 aromatic rings. The highest BCUT2D eigenvalue weighted by Gasteiger charge is 2.41. The van der Waals surface area contributed by atoms with Crippen LogP contribution >= 0.6 is 0 Å². The summed E-state index contributed by atoms with van der Waals surface area (Å²) < 4.78 is 37.3. The number of rotatable bonds is 3. The van der Waals surface area contributed by atoms with Gasteiger partial charge in [-0.2, -0.15) is 13.2 Å². The van der Waals surface area contributed by atoms with Crippen molar-refractivity contribution in [3.63, 3.8) is 0 Å². The number of nitrogens with zero attached hydrogens (tertiary/aromatic N) is 1. The second kappa shape index (κ2) is 5.99. The van der Waals surface area contributed by atoms with Gasteiger partial charge in [-0.1, -0.05) is 12.1 Å². The maximum Gasteiger partial charge on any atom is 0.406 e. The van der Waals surface area contributed by atoms with Gasteiger partial charge in [0.15, 0.2) is 0 Å². The van der Waals surface area contributed by atoms with Gasteiger partial charge >= 0.3 is 6.18 Å². The van der Waals surface area contributed by atoms with E-state index in [-0.39, 0.29) is 24.8 Å². The van der Waals surface area contributed by atoms with Crippen LogP contribution in [-0.2, 0) is 16.0 Å². The lowest BCUT2D eigenvalue weighted by atomic mass is 10.0. The third-order valence-corrected chi connectivity index (χ3v) is 4.52. The van der Waals surface area contributed by atoms with Crippen molar-refractivity contribution < 1.29 is 27.9 Å². The molecule has 3 rings (SSSR count). The van der Waals surface area contributed by atoms with E-state index < -0.39 is 30.5 Å². The molecule has 0 unspecified atom stereocenters. The fraction of sp³-hybridized carbons (Fsp3) is 0.500. The Morgan fingerprint density at radius 1 is 1.38 bits per heavy atom. The number of hydrogen-bond acceptors (Lipinski definition) is 3. The van der Waals surface area contributed by atoms with Gasteiger partial charge in [-0.25, -0.2) is 0 Å². The number of benzene rings is 1. The topological polar surface area (TPSA) is 69.6 Å². The predicted molar refractivity (Wildman–Crippen MR) is 78.1 cm³/mol. The zero-order valence-corrected chi connectivity index (χ0v) is 12.8. The lowest BCUT2D eigenvalue weighted by molar-refractivity contribution is -0.157. The summed E-state index contributed by atoms with van der Waals surface area (Å²) in [4.78, 5) is 24.7. The van der Waals surface area contributed by atoms with E-state index in [0.717, 1.165) is 11.1 Å². The highest BCUT2D eigenvalue weighted by molar-refractivity contribution is 5.89. The number of nitrogens with one attached hydrogen (secondary N) is 1. The highest BCUT2D eigenvalue weighted by Crippen LogP contribution is 2.36. The molecule has 0 saturated carbocycles. The third kappa shape index (κ3) is 3.32. The Balaban J connectivity index is 1.63. The number of aromatic hydroxyl groups is 1. The molecule has 0 aromatic heterocycles. The molecule has 2 N–H and O–H groups in total. The molecule has 1 saturated heterocycles. The SMILES string of the molecule is O=C(N[C@@H]1CCc2c(O)cccc21)[C@@H]1CC(=O)N(CC(F)(F)F)C1. The number of carbonyl (C=O) groups is 2. The Hall–Kier alpha value is -2.25. The average molecular weight is 342 g/mol. The molecule has 2 amide bonds. The maximum atomic E-state index is 12.4. The standard InChI is InChI=1S/C16H17F3N2O3/c17-16(18,19)8-21-7-9(6-14(21)23)15(24)20-12-5-4-11-10(12)2-1-3-13(11)22/h1-3,9,12,22H,4-8H2,(H,20,24)/t9-,12-/m1/s1.